The van der Waals surface area contributed by atoms with Crippen molar-refractivity contribution in [1.82, 2.24) is 9.97 Å². The Kier molecular flexibility index (Phi) is 3.40. The zero-order chi connectivity index (χ0) is 11.4. The third-order valence-electron chi connectivity index (χ3n) is 1.76. The van der Waals surface area contributed by atoms with Crippen molar-refractivity contribution in [2.75, 3.05) is 0 Å². The van der Waals surface area contributed by atoms with Crippen LogP contribution in [0.25, 0.3) is 0 Å². The van der Waals surface area contributed by atoms with Gasteiger partial charge < -0.3 is 0 Å². The fourth-order valence-electron chi connectivity index (χ4n) is 1.08. The van der Waals surface area contributed by atoms with Crippen LogP contribution in [0.2, 0.25) is 5.02 Å². The van der Waals surface area contributed by atoms with E-state index in [0.717, 1.165) is 0 Å². The highest BCUT2D eigenvalue weighted by atomic mass is 35.5. The first kappa shape index (κ1) is 10.9. The van der Waals surface area contributed by atoms with Crippen molar-refractivity contribution in [2.45, 2.75) is 10.1 Å². The molecule has 0 saturated carbocycles. The van der Waals surface area contributed by atoms with Gasteiger partial charge in [0.25, 0.3) is 0 Å². The Morgan fingerprint density at radius 3 is 2.88 bits per heavy atom. The van der Waals surface area contributed by atoms with Gasteiger partial charge in [-0.1, -0.05) is 17.7 Å². The molecule has 0 bridgehead atoms. The lowest BCUT2D eigenvalue weighted by Gasteiger charge is -2.01. The summed E-state index contributed by atoms with van der Waals surface area (Å²) >= 11 is 7.31. The minimum atomic E-state index is 0.386. The van der Waals surface area contributed by atoms with Gasteiger partial charge in [-0.3, -0.25) is 0 Å². The van der Waals surface area contributed by atoms with E-state index >= 15 is 0 Å². The van der Waals surface area contributed by atoms with Crippen LogP contribution in [0.5, 0.6) is 0 Å². The maximum atomic E-state index is 8.72. The molecule has 0 aliphatic rings. The number of hydrogen-bond acceptors (Lipinski definition) is 4. The molecule has 2 rings (SSSR count). The number of rotatable bonds is 2. The van der Waals surface area contributed by atoms with Crippen LogP contribution in [0.1, 0.15) is 5.69 Å². The molecule has 16 heavy (non-hydrogen) atoms. The van der Waals surface area contributed by atoms with Gasteiger partial charge in [-0.05, 0) is 36.0 Å². The van der Waals surface area contributed by atoms with Crippen LogP contribution in [0.4, 0.5) is 0 Å². The van der Waals surface area contributed by atoms with Crippen molar-refractivity contribution in [1.29, 1.82) is 5.26 Å². The number of pyridine rings is 2. The summed E-state index contributed by atoms with van der Waals surface area (Å²) in [5.41, 5.74) is 0.386. The standard InChI is InChI=1S/C11H6ClN3S/c12-9-4-2-6-14-11(9)16-10-5-1-3-8(7-13)15-10/h1-6H. The molecule has 2 aromatic heterocycles. The maximum Gasteiger partial charge on any atom is 0.141 e. The largest absolute Gasteiger partial charge is 0.248 e. The van der Waals surface area contributed by atoms with E-state index in [1.807, 2.05) is 12.1 Å². The fraction of sp³-hybridized carbons (Fsp3) is 0. The van der Waals surface area contributed by atoms with Gasteiger partial charge in [-0.25, -0.2) is 9.97 Å². The second-order valence-corrected chi connectivity index (χ2v) is 4.28. The van der Waals surface area contributed by atoms with Gasteiger partial charge in [0, 0.05) is 6.20 Å². The molecule has 0 N–H and O–H groups in total. The first-order chi connectivity index (χ1) is 7.79. The van der Waals surface area contributed by atoms with Gasteiger partial charge in [-0.15, -0.1) is 0 Å². The average Bonchev–Trinajstić information content (AvgIpc) is 2.32. The molecule has 2 aromatic rings. The van der Waals surface area contributed by atoms with Crippen molar-refractivity contribution in [3.8, 4) is 6.07 Å². The molecule has 0 radical (unpaired) electrons. The van der Waals surface area contributed by atoms with Crippen molar-refractivity contribution >= 4 is 23.4 Å². The summed E-state index contributed by atoms with van der Waals surface area (Å²) in [7, 11) is 0. The van der Waals surface area contributed by atoms with Crippen molar-refractivity contribution < 1.29 is 0 Å². The Labute approximate surface area is 102 Å². The Morgan fingerprint density at radius 2 is 2.12 bits per heavy atom. The average molecular weight is 248 g/mol. The van der Waals surface area contributed by atoms with Crippen LogP contribution in [0.15, 0.2) is 46.6 Å². The molecule has 5 heteroatoms. The lowest BCUT2D eigenvalue weighted by molar-refractivity contribution is 1.08. The molecule has 0 unspecified atom stereocenters. The van der Waals surface area contributed by atoms with E-state index in [1.165, 1.54) is 11.8 Å². The summed E-state index contributed by atoms with van der Waals surface area (Å²) in [4.78, 5) is 8.27. The van der Waals surface area contributed by atoms with Crippen LogP contribution in [-0.2, 0) is 0 Å². The first-order valence-electron chi connectivity index (χ1n) is 4.45. The monoisotopic (exact) mass is 247 g/mol. The van der Waals surface area contributed by atoms with E-state index in [2.05, 4.69) is 9.97 Å². The summed E-state index contributed by atoms with van der Waals surface area (Å²) in [6.07, 6.45) is 1.67. The second kappa shape index (κ2) is 4.97. The van der Waals surface area contributed by atoms with E-state index in [-0.39, 0.29) is 0 Å². The topological polar surface area (TPSA) is 49.6 Å². The van der Waals surface area contributed by atoms with E-state index in [9.17, 15) is 0 Å². The van der Waals surface area contributed by atoms with Gasteiger partial charge in [0.2, 0.25) is 0 Å². The summed E-state index contributed by atoms with van der Waals surface area (Å²) in [5.74, 6) is 0. The predicted molar refractivity (Wildman–Crippen MR) is 62.3 cm³/mol. The third kappa shape index (κ3) is 2.51. The van der Waals surface area contributed by atoms with Gasteiger partial charge in [0.05, 0.1) is 5.02 Å². The van der Waals surface area contributed by atoms with Gasteiger partial charge in [0.15, 0.2) is 0 Å². The quantitative estimate of drug-likeness (QED) is 0.818. The number of halogens is 1. The molecule has 78 valence electrons. The number of nitrogens with zero attached hydrogens (tertiary/aromatic N) is 3. The Bertz CT molecular complexity index is 551. The summed E-state index contributed by atoms with van der Waals surface area (Å²) in [5, 5.41) is 10.7. The summed E-state index contributed by atoms with van der Waals surface area (Å²) in [6, 6.07) is 10.8. The Balaban J connectivity index is 2.28. The molecule has 0 atom stereocenters. The van der Waals surface area contributed by atoms with E-state index in [0.29, 0.717) is 20.8 Å². The molecule has 0 aliphatic carbocycles. The van der Waals surface area contributed by atoms with Crippen molar-refractivity contribution in [2.24, 2.45) is 0 Å². The molecule has 0 amide bonds. The molecule has 3 nitrogen and oxygen atoms in total. The lowest BCUT2D eigenvalue weighted by atomic mass is 10.4. The van der Waals surface area contributed by atoms with Crippen LogP contribution in [-0.4, -0.2) is 9.97 Å². The predicted octanol–water partition coefficient (Wildman–Crippen LogP) is 3.15. The second-order valence-electron chi connectivity index (χ2n) is 2.87. The first-order valence-corrected chi connectivity index (χ1v) is 5.64. The van der Waals surface area contributed by atoms with Gasteiger partial charge in [0.1, 0.15) is 21.8 Å². The van der Waals surface area contributed by atoms with Gasteiger partial charge in [-0.2, -0.15) is 5.26 Å². The van der Waals surface area contributed by atoms with Crippen molar-refractivity contribution in [3.05, 3.63) is 47.2 Å². The van der Waals surface area contributed by atoms with Crippen LogP contribution in [0.3, 0.4) is 0 Å². The van der Waals surface area contributed by atoms with Crippen molar-refractivity contribution in [3.63, 3.8) is 0 Å². The number of hydrogen-bond donors (Lipinski definition) is 0. The normalized spacial score (nSPS) is 9.75. The minimum Gasteiger partial charge on any atom is -0.248 e. The highest BCUT2D eigenvalue weighted by Gasteiger charge is 2.04. The molecular weight excluding hydrogens is 242 g/mol. The molecule has 0 fully saturated rings. The smallest absolute Gasteiger partial charge is 0.141 e. The highest BCUT2D eigenvalue weighted by molar-refractivity contribution is 7.99. The number of nitriles is 1. The zero-order valence-corrected chi connectivity index (χ0v) is 9.66. The van der Waals surface area contributed by atoms with Crippen LogP contribution < -0.4 is 0 Å². The number of aromatic nitrogens is 2. The highest BCUT2D eigenvalue weighted by Crippen LogP contribution is 2.29. The molecule has 0 saturated heterocycles. The third-order valence-corrected chi connectivity index (χ3v) is 3.14. The zero-order valence-electron chi connectivity index (χ0n) is 8.09. The lowest BCUT2D eigenvalue weighted by Crippen LogP contribution is -1.86. The van der Waals surface area contributed by atoms with E-state index in [1.54, 1.807) is 30.5 Å². The molecule has 0 spiro atoms. The fourth-order valence-corrected chi connectivity index (χ4v) is 2.08. The molecular formula is C11H6ClN3S. The Hall–Kier alpha value is -1.57. The minimum absolute atomic E-state index is 0.386. The van der Waals surface area contributed by atoms with Gasteiger partial charge >= 0.3 is 0 Å². The summed E-state index contributed by atoms with van der Waals surface area (Å²) < 4.78 is 0. The van der Waals surface area contributed by atoms with E-state index in [4.69, 9.17) is 16.9 Å². The van der Waals surface area contributed by atoms with Crippen LogP contribution in [0, 0.1) is 11.3 Å². The molecule has 2 heterocycles. The maximum absolute atomic E-state index is 8.72. The van der Waals surface area contributed by atoms with E-state index < -0.39 is 0 Å². The van der Waals surface area contributed by atoms with Crippen LogP contribution >= 0.6 is 23.4 Å². The summed E-state index contributed by atoms with van der Waals surface area (Å²) in [6.45, 7) is 0. The SMILES string of the molecule is N#Cc1cccc(Sc2ncccc2Cl)n1. The molecule has 0 aliphatic heterocycles. The molecule has 0 aromatic carbocycles. The Morgan fingerprint density at radius 1 is 1.25 bits per heavy atom.